The van der Waals surface area contributed by atoms with E-state index in [1.54, 1.807) is 24.3 Å². The number of rotatable bonds is 6. The molecule has 4 rings (SSSR count). The number of aromatic hydroxyl groups is 1. The molecule has 1 aliphatic rings. The van der Waals surface area contributed by atoms with Gasteiger partial charge >= 0.3 is 0 Å². The van der Waals surface area contributed by atoms with Crippen molar-refractivity contribution in [1.82, 2.24) is 14.9 Å². The summed E-state index contributed by atoms with van der Waals surface area (Å²) in [5.74, 6) is -0.0717. The van der Waals surface area contributed by atoms with E-state index in [0.29, 0.717) is 46.8 Å². The molecule has 1 saturated heterocycles. The van der Waals surface area contributed by atoms with E-state index in [1.165, 1.54) is 13.0 Å². The number of aromatic nitrogens is 2. The van der Waals surface area contributed by atoms with E-state index in [4.69, 9.17) is 23.2 Å². The summed E-state index contributed by atoms with van der Waals surface area (Å²) in [6, 6.07) is 7.95. The number of halogens is 3. The van der Waals surface area contributed by atoms with Crippen molar-refractivity contribution < 1.29 is 14.3 Å². The Labute approximate surface area is 205 Å². The Kier molecular flexibility index (Phi) is 6.97. The van der Waals surface area contributed by atoms with Gasteiger partial charge in [-0.3, -0.25) is 19.5 Å². The first kappa shape index (κ1) is 24.3. The van der Waals surface area contributed by atoms with Gasteiger partial charge in [-0.1, -0.05) is 23.2 Å². The summed E-state index contributed by atoms with van der Waals surface area (Å²) < 4.78 is 15.4. The summed E-state index contributed by atoms with van der Waals surface area (Å²) in [4.78, 5) is 32.7. The van der Waals surface area contributed by atoms with Gasteiger partial charge in [0.1, 0.15) is 11.4 Å². The Bertz CT molecular complexity index is 1290. The minimum Gasteiger partial charge on any atom is -0.506 e. The number of phenols is 1. The van der Waals surface area contributed by atoms with Gasteiger partial charge in [-0.25, -0.2) is 9.37 Å². The van der Waals surface area contributed by atoms with Crippen molar-refractivity contribution in [3.63, 3.8) is 0 Å². The SMILES string of the molecule is CC(=O)Nc1ccc2nc(NCC3(F)CCN(Cc4cc(Cl)cc(Cl)c4O)CC3)[nH]c(=O)c2c1. The number of hydrogen-bond acceptors (Lipinski definition) is 6. The topological polar surface area (TPSA) is 110 Å². The summed E-state index contributed by atoms with van der Waals surface area (Å²) >= 11 is 12.0. The zero-order valence-corrected chi connectivity index (χ0v) is 19.9. The first-order valence-corrected chi connectivity index (χ1v) is 11.5. The number of phenolic OH excluding ortho intramolecular Hbond substituents is 1. The number of alkyl halides is 1. The molecule has 1 amide bonds. The van der Waals surface area contributed by atoms with E-state index in [0.717, 1.165) is 0 Å². The normalized spacial score (nSPS) is 15.9. The molecule has 1 aromatic heterocycles. The van der Waals surface area contributed by atoms with Gasteiger partial charge in [0.2, 0.25) is 11.9 Å². The Morgan fingerprint density at radius 1 is 1.26 bits per heavy atom. The maximum Gasteiger partial charge on any atom is 0.260 e. The van der Waals surface area contributed by atoms with Crippen LogP contribution in [-0.4, -0.2) is 51.2 Å². The van der Waals surface area contributed by atoms with Crippen LogP contribution in [0, 0.1) is 0 Å². The Morgan fingerprint density at radius 3 is 2.71 bits per heavy atom. The second-order valence-corrected chi connectivity index (χ2v) is 9.35. The quantitative estimate of drug-likeness (QED) is 0.395. The van der Waals surface area contributed by atoms with Crippen LogP contribution in [0.5, 0.6) is 5.75 Å². The van der Waals surface area contributed by atoms with Crippen molar-refractivity contribution in [2.24, 2.45) is 0 Å². The molecular weight excluding hydrogens is 484 g/mol. The van der Waals surface area contributed by atoms with E-state index in [9.17, 15) is 14.7 Å². The molecule has 0 saturated carbocycles. The molecule has 180 valence electrons. The predicted molar refractivity (Wildman–Crippen MR) is 132 cm³/mol. The number of carbonyl (C=O) groups excluding carboxylic acids is 1. The number of nitrogens with zero attached hydrogens (tertiary/aromatic N) is 2. The van der Waals surface area contributed by atoms with Gasteiger partial charge in [0.25, 0.3) is 5.56 Å². The highest BCUT2D eigenvalue weighted by atomic mass is 35.5. The molecule has 2 heterocycles. The second kappa shape index (κ2) is 9.77. The fourth-order valence-electron chi connectivity index (χ4n) is 4.01. The molecule has 4 N–H and O–H groups in total. The summed E-state index contributed by atoms with van der Waals surface area (Å²) in [6.45, 7) is 2.75. The number of anilines is 2. The molecular formula is C23H24Cl2FN5O3. The number of fused-ring (bicyclic) bond motifs is 1. The minimum atomic E-state index is -1.48. The number of nitrogens with one attached hydrogen (secondary N) is 3. The number of aromatic amines is 1. The average Bonchev–Trinajstić information content (AvgIpc) is 2.77. The summed E-state index contributed by atoms with van der Waals surface area (Å²) in [5, 5.41) is 16.6. The van der Waals surface area contributed by atoms with Crippen LogP contribution in [-0.2, 0) is 11.3 Å². The molecule has 2 aromatic carbocycles. The molecule has 0 bridgehead atoms. The monoisotopic (exact) mass is 507 g/mol. The van der Waals surface area contributed by atoms with Gasteiger partial charge in [0, 0.05) is 42.8 Å². The van der Waals surface area contributed by atoms with Gasteiger partial charge in [0.15, 0.2) is 0 Å². The maximum absolute atomic E-state index is 15.4. The molecule has 0 spiro atoms. The molecule has 1 fully saturated rings. The number of H-pyrrole nitrogens is 1. The van der Waals surface area contributed by atoms with Gasteiger partial charge in [-0.2, -0.15) is 0 Å². The van der Waals surface area contributed by atoms with Crippen LogP contribution in [0.15, 0.2) is 35.1 Å². The van der Waals surface area contributed by atoms with Crippen LogP contribution in [0.3, 0.4) is 0 Å². The van der Waals surface area contributed by atoms with E-state index in [1.807, 2.05) is 4.90 Å². The van der Waals surface area contributed by atoms with Crippen molar-refractivity contribution in [1.29, 1.82) is 0 Å². The third-order valence-electron chi connectivity index (χ3n) is 5.85. The van der Waals surface area contributed by atoms with Gasteiger partial charge in [0.05, 0.1) is 22.5 Å². The third-order valence-corrected chi connectivity index (χ3v) is 6.36. The predicted octanol–water partition coefficient (Wildman–Crippen LogP) is 4.31. The molecule has 0 aliphatic carbocycles. The van der Waals surface area contributed by atoms with Crippen LogP contribution < -0.4 is 16.2 Å². The average molecular weight is 508 g/mol. The molecule has 1 aliphatic heterocycles. The lowest BCUT2D eigenvalue weighted by atomic mass is 9.93. The van der Waals surface area contributed by atoms with Gasteiger partial charge in [-0.15, -0.1) is 0 Å². The molecule has 0 unspecified atom stereocenters. The van der Waals surface area contributed by atoms with Crippen LogP contribution >= 0.6 is 23.2 Å². The number of benzene rings is 2. The smallest absolute Gasteiger partial charge is 0.260 e. The van der Waals surface area contributed by atoms with Crippen molar-refractivity contribution in [2.75, 3.05) is 30.3 Å². The van der Waals surface area contributed by atoms with Crippen molar-refractivity contribution in [3.8, 4) is 5.75 Å². The number of hydrogen-bond donors (Lipinski definition) is 4. The molecule has 3 aromatic rings. The number of carbonyl (C=O) groups is 1. The van der Waals surface area contributed by atoms with Crippen LogP contribution in [0.1, 0.15) is 25.3 Å². The Hall–Kier alpha value is -2.88. The zero-order valence-electron chi connectivity index (χ0n) is 18.4. The molecule has 0 atom stereocenters. The summed E-state index contributed by atoms with van der Waals surface area (Å²) in [6.07, 6.45) is 0.542. The maximum atomic E-state index is 15.4. The third kappa shape index (κ3) is 5.60. The lowest BCUT2D eigenvalue weighted by Crippen LogP contribution is -2.45. The lowest BCUT2D eigenvalue weighted by Gasteiger charge is -2.36. The van der Waals surface area contributed by atoms with E-state index >= 15 is 4.39 Å². The number of piperidine rings is 1. The van der Waals surface area contributed by atoms with Crippen LogP contribution in [0.25, 0.3) is 10.9 Å². The zero-order chi connectivity index (χ0) is 24.5. The fraction of sp³-hybridized carbons (Fsp3) is 0.348. The van der Waals surface area contributed by atoms with Crippen LogP contribution in [0.2, 0.25) is 10.0 Å². The molecule has 8 nitrogen and oxygen atoms in total. The number of amides is 1. The van der Waals surface area contributed by atoms with Gasteiger partial charge < -0.3 is 15.7 Å². The number of likely N-dealkylation sites (tertiary alicyclic amines) is 1. The van der Waals surface area contributed by atoms with E-state index in [-0.39, 0.29) is 47.6 Å². The Balaban J connectivity index is 1.38. The molecule has 34 heavy (non-hydrogen) atoms. The van der Waals surface area contributed by atoms with Crippen molar-refractivity contribution in [2.45, 2.75) is 32.0 Å². The molecule has 0 radical (unpaired) electrons. The van der Waals surface area contributed by atoms with Crippen LogP contribution in [0.4, 0.5) is 16.0 Å². The van der Waals surface area contributed by atoms with Gasteiger partial charge in [-0.05, 0) is 43.2 Å². The minimum absolute atomic E-state index is 0.00644. The highest BCUT2D eigenvalue weighted by Gasteiger charge is 2.34. The summed E-state index contributed by atoms with van der Waals surface area (Å²) in [5.41, 5.74) is -0.337. The first-order valence-electron chi connectivity index (χ1n) is 10.8. The van der Waals surface area contributed by atoms with Crippen molar-refractivity contribution in [3.05, 3.63) is 56.3 Å². The standard InChI is InChI=1S/C23H24Cl2FN5O3/c1-13(32)28-16-2-3-19-17(10-16)21(34)30-22(29-19)27-12-23(26)4-6-31(7-5-23)11-14-8-15(24)9-18(25)20(14)33/h2-3,8-10,33H,4-7,11-12H2,1H3,(H,28,32)(H2,27,29,30,34). The van der Waals surface area contributed by atoms with E-state index in [2.05, 4.69) is 20.6 Å². The highest BCUT2D eigenvalue weighted by Crippen LogP contribution is 2.34. The summed E-state index contributed by atoms with van der Waals surface area (Å²) in [7, 11) is 0. The highest BCUT2D eigenvalue weighted by molar-refractivity contribution is 6.35. The Morgan fingerprint density at radius 2 is 2.00 bits per heavy atom. The molecule has 11 heteroatoms. The largest absolute Gasteiger partial charge is 0.506 e. The second-order valence-electron chi connectivity index (χ2n) is 8.50. The van der Waals surface area contributed by atoms with Crippen molar-refractivity contribution >= 4 is 51.6 Å². The van der Waals surface area contributed by atoms with E-state index < -0.39 is 5.67 Å². The first-order chi connectivity index (χ1) is 16.1. The lowest BCUT2D eigenvalue weighted by molar-refractivity contribution is -0.114. The fourth-order valence-corrected chi connectivity index (χ4v) is 4.55.